The number of aliphatic carboxylic acids is 1. The smallest absolute Gasteiger partial charge is 0.306 e. The maximum absolute atomic E-state index is 13.0. The summed E-state index contributed by atoms with van der Waals surface area (Å²) in [6.45, 7) is 4.55. The van der Waals surface area contributed by atoms with E-state index in [1.807, 2.05) is 21.1 Å². The van der Waals surface area contributed by atoms with Crippen molar-refractivity contribution >= 4 is 17.9 Å². The minimum atomic E-state index is -1.63. The van der Waals surface area contributed by atoms with E-state index >= 15 is 0 Å². The third-order valence-electron chi connectivity index (χ3n) is 18.5. The molecule has 0 rings (SSSR count). The van der Waals surface area contributed by atoms with Crippen molar-refractivity contribution in [1.29, 1.82) is 0 Å². The number of hydrogen-bond donors (Lipinski definition) is 0. The number of quaternary nitrogens is 1. The fourth-order valence-corrected chi connectivity index (χ4v) is 12.0. The normalized spacial score (nSPS) is 13.5. The van der Waals surface area contributed by atoms with Crippen LogP contribution in [0.3, 0.4) is 0 Å². The van der Waals surface area contributed by atoms with Gasteiger partial charge in [-0.15, -0.1) is 0 Å². The molecule has 0 heterocycles. The molecule has 9 heteroatoms. The third kappa shape index (κ3) is 85.8. The van der Waals surface area contributed by atoms with Gasteiger partial charge in [0.2, 0.25) is 0 Å². The van der Waals surface area contributed by atoms with Crippen molar-refractivity contribution in [2.24, 2.45) is 0 Å². The highest BCUT2D eigenvalue weighted by atomic mass is 16.7. The van der Waals surface area contributed by atoms with Crippen molar-refractivity contribution in [1.82, 2.24) is 0 Å². The molecule has 0 aromatic heterocycles. The van der Waals surface area contributed by atoms with Crippen molar-refractivity contribution in [2.75, 3.05) is 47.5 Å². The van der Waals surface area contributed by atoms with Crippen molar-refractivity contribution in [3.63, 3.8) is 0 Å². The molecule has 9 nitrogen and oxygen atoms in total. The monoisotopic (exact) mass is 1460 g/mol. The molecule has 105 heavy (non-hydrogen) atoms. The molecular weight excluding hydrogens is 1300 g/mol. The van der Waals surface area contributed by atoms with E-state index in [1.165, 1.54) is 199 Å². The van der Waals surface area contributed by atoms with Crippen LogP contribution in [0.1, 0.15) is 361 Å². The Bertz CT molecular complexity index is 2350. The van der Waals surface area contributed by atoms with Crippen LogP contribution in [0.2, 0.25) is 0 Å². The SMILES string of the molecule is CC/C=C\C/C=C\C/C=C\C/C=C\C/C=C\C/C=C\C/C=C\C/C=C\C/C=C\CCCCCCCCCCCCCCCC(=O)OC(COC(=O)CCCCCCCCCCCCCCCCCCCCCCCCC/C=C\C/C=C\C/C=C\C/C=C\C/C=C\CC)COC(OCC[N+](C)(C)C)C(=O)[O-]. The molecular formula is C96H161NO8. The van der Waals surface area contributed by atoms with Crippen LogP contribution in [0.25, 0.3) is 0 Å². The summed E-state index contributed by atoms with van der Waals surface area (Å²) >= 11 is 0. The molecule has 0 aliphatic rings. The predicted molar refractivity (Wildman–Crippen MR) is 453 cm³/mol. The van der Waals surface area contributed by atoms with Gasteiger partial charge >= 0.3 is 11.9 Å². The highest BCUT2D eigenvalue weighted by molar-refractivity contribution is 5.70. The quantitative estimate of drug-likeness (QED) is 0.0195. The number of allylic oxidation sites excluding steroid dienone is 28. The summed E-state index contributed by atoms with van der Waals surface area (Å²) in [6, 6.07) is 0. The second-order valence-corrected chi connectivity index (χ2v) is 29.7. The molecule has 0 N–H and O–H groups in total. The molecule has 2 atom stereocenters. The summed E-state index contributed by atoms with van der Waals surface area (Å²) in [6.07, 6.45) is 123. The summed E-state index contributed by atoms with van der Waals surface area (Å²) in [5.41, 5.74) is 0. The number of likely N-dealkylation sites (N-methyl/N-ethyl adjacent to an activating group) is 1. The molecule has 0 aromatic rings. The standard InChI is InChI=1S/C96H161NO8/c1-6-8-10-12-14-16-18-20-22-24-26-28-30-32-34-36-38-40-42-44-46-47-49-51-53-55-57-59-61-63-65-67-69-71-73-75-77-79-81-83-85-87-94(99)105-92(91-104-96(95(100)101)102-89-88-97(3,4)5)90-103-93(98)86-84-82-80-78-76-74-72-70-68-66-64-62-60-58-56-54-52-50-48-45-43-41-39-37-35-33-31-29-27-25-23-21-19-17-15-13-11-9-7-2/h8-11,14-17,20-23,26-29,32-35,38,40,44,46,49,51,55,57,92,96H,6-7,12-13,18-19,24-25,30-31,36-37,39,41-43,45,47-48,50,52-54,56,58-91H2,1-5H3/b10-8-,11-9-,16-14-,17-15-,22-20-,23-21-,28-26-,29-27-,34-32-,35-33-,40-38-,46-44-,51-49-,57-55-. The van der Waals surface area contributed by atoms with E-state index in [1.54, 1.807) is 0 Å². The van der Waals surface area contributed by atoms with Gasteiger partial charge in [-0.3, -0.25) is 9.59 Å². The first-order valence-electron chi connectivity index (χ1n) is 43.3. The first kappa shape index (κ1) is 99.7. The van der Waals surface area contributed by atoms with Crippen LogP contribution in [-0.4, -0.2) is 82.3 Å². The molecule has 2 unspecified atom stereocenters. The van der Waals surface area contributed by atoms with Crippen molar-refractivity contribution < 1.29 is 42.9 Å². The maximum Gasteiger partial charge on any atom is 0.306 e. The van der Waals surface area contributed by atoms with Crippen molar-refractivity contribution in [3.8, 4) is 0 Å². The largest absolute Gasteiger partial charge is 0.545 e. The Labute approximate surface area is 647 Å². The zero-order valence-electron chi connectivity index (χ0n) is 68.5. The van der Waals surface area contributed by atoms with E-state index in [-0.39, 0.29) is 38.6 Å². The van der Waals surface area contributed by atoms with Gasteiger partial charge in [0, 0.05) is 12.8 Å². The third-order valence-corrected chi connectivity index (χ3v) is 18.5. The highest BCUT2D eigenvalue weighted by Crippen LogP contribution is 2.19. The van der Waals surface area contributed by atoms with E-state index in [0.29, 0.717) is 17.4 Å². The average molecular weight is 1460 g/mol. The van der Waals surface area contributed by atoms with Gasteiger partial charge in [-0.2, -0.15) is 0 Å². The van der Waals surface area contributed by atoms with E-state index in [0.717, 1.165) is 128 Å². The number of hydrogen-bond acceptors (Lipinski definition) is 8. The topological polar surface area (TPSA) is 111 Å². The number of esters is 2. The van der Waals surface area contributed by atoms with Gasteiger partial charge < -0.3 is 33.3 Å². The summed E-state index contributed by atoms with van der Waals surface area (Å²) in [7, 11) is 5.94. The van der Waals surface area contributed by atoms with Gasteiger partial charge in [0.15, 0.2) is 12.4 Å². The second kappa shape index (κ2) is 84.3. The van der Waals surface area contributed by atoms with Crippen LogP contribution < -0.4 is 5.11 Å². The van der Waals surface area contributed by atoms with Gasteiger partial charge in [-0.25, -0.2) is 0 Å². The summed E-state index contributed by atoms with van der Waals surface area (Å²) < 4.78 is 22.9. The van der Waals surface area contributed by atoms with E-state index in [4.69, 9.17) is 18.9 Å². The lowest BCUT2D eigenvalue weighted by atomic mass is 10.0. The van der Waals surface area contributed by atoms with E-state index in [9.17, 15) is 19.5 Å². The number of carbonyl (C=O) groups excluding carboxylic acids is 3. The van der Waals surface area contributed by atoms with Gasteiger partial charge in [-0.1, -0.05) is 389 Å². The first-order valence-corrected chi connectivity index (χ1v) is 43.3. The summed E-state index contributed by atoms with van der Waals surface area (Å²) in [5, 5.41) is 11.9. The van der Waals surface area contributed by atoms with Gasteiger partial charge in [0.05, 0.1) is 40.3 Å². The van der Waals surface area contributed by atoms with Crippen LogP contribution in [-0.2, 0) is 33.3 Å². The van der Waals surface area contributed by atoms with Crippen molar-refractivity contribution in [3.05, 3.63) is 170 Å². The Kier molecular flexibility index (Phi) is 80.0. The molecule has 0 radical (unpaired) electrons. The lowest BCUT2D eigenvalue weighted by Crippen LogP contribution is -2.44. The molecule has 0 aromatic carbocycles. The molecule has 0 aliphatic carbocycles. The Hall–Kier alpha value is -5.35. The fourth-order valence-electron chi connectivity index (χ4n) is 12.0. The molecule has 0 saturated carbocycles. The number of ether oxygens (including phenoxy) is 4. The van der Waals surface area contributed by atoms with Crippen molar-refractivity contribution in [2.45, 2.75) is 373 Å². The molecule has 598 valence electrons. The molecule has 0 bridgehead atoms. The number of carboxylic acids is 1. The molecule has 0 amide bonds. The van der Waals surface area contributed by atoms with E-state index in [2.05, 4.69) is 184 Å². The summed E-state index contributed by atoms with van der Waals surface area (Å²) in [5.74, 6) is -2.28. The number of nitrogens with zero attached hydrogens (tertiary/aromatic N) is 1. The Morgan fingerprint density at radius 1 is 0.286 bits per heavy atom. The highest BCUT2D eigenvalue weighted by Gasteiger charge is 2.22. The maximum atomic E-state index is 13.0. The summed E-state index contributed by atoms with van der Waals surface area (Å²) in [4.78, 5) is 37.7. The fraction of sp³-hybridized carbons (Fsp3) is 0.677. The average Bonchev–Trinajstić information content (AvgIpc) is 1.18. The molecule has 0 spiro atoms. The van der Waals surface area contributed by atoms with Gasteiger partial charge in [0.25, 0.3) is 0 Å². The minimum absolute atomic E-state index is 0.143. The lowest BCUT2D eigenvalue weighted by molar-refractivity contribution is -0.870. The first-order chi connectivity index (χ1) is 51.6. The zero-order valence-corrected chi connectivity index (χ0v) is 68.5. The Morgan fingerprint density at radius 3 is 0.762 bits per heavy atom. The van der Waals surface area contributed by atoms with Gasteiger partial charge in [0.1, 0.15) is 13.2 Å². The molecule has 0 saturated heterocycles. The van der Waals surface area contributed by atoms with Crippen LogP contribution in [0.5, 0.6) is 0 Å². The lowest BCUT2D eigenvalue weighted by Gasteiger charge is -2.26. The Balaban J connectivity index is 4.01. The number of rotatable bonds is 79. The molecule has 0 aliphatic heterocycles. The number of carboxylic acid groups (broad SMARTS) is 1. The van der Waals surface area contributed by atoms with Gasteiger partial charge in [-0.05, 0) is 128 Å². The minimum Gasteiger partial charge on any atom is -0.545 e. The second-order valence-electron chi connectivity index (χ2n) is 29.7. The molecule has 0 fully saturated rings. The van der Waals surface area contributed by atoms with Crippen LogP contribution in [0.4, 0.5) is 0 Å². The predicted octanol–water partition coefficient (Wildman–Crippen LogP) is 27.1. The number of carbonyl (C=O) groups is 3. The van der Waals surface area contributed by atoms with Crippen LogP contribution in [0.15, 0.2) is 170 Å². The van der Waals surface area contributed by atoms with E-state index < -0.39 is 24.3 Å². The number of unbranched alkanes of at least 4 members (excludes halogenated alkanes) is 36. The Morgan fingerprint density at radius 2 is 0.514 bits per heavy atom. The van der Waals surface area contributed by atoms with Crippen LogP contribution in [0, 0.1) is 0 Å². The van der Waals surface area contributed by atoms with Crippen LogP contribution >= 0.6 is 0 Å². The zero-order chi connectivity index (χ0) is 76.0.